The molecule has 0 spiro atoms. The normalized spacial score (nSPS) is 24.6. The molecule has 5 heteroatoms. The molecule has 16 heavy (non-hydrogen) atoms. The molecule has 1 aliphatic heterocycles. The lowest BCUT2D eigenvalue weighted by molar-refractivity contribution is -0.142. The first kappa shape index (κ1) is 11.1. The van der Waals surface area contributed by atoms with Gasteiger partial charge in [0.1, 0.15) is 11.9 Å². The number of methoxy groups -OCH3 is 1. The van der Waals surface area contributed by atoms with Gasteiger partial charge in [0.2, 0.25) is 0 Å². The highest BCUT2D eigenvalue weighted by molar-refractivity contribution is 5.76. The van der Waals surface area contributed by atoms with Gasteiger partial charge in [-0.2, -0.15) is 0 Å². The largest absolute Gasteiger partial charge is 0.468 e. The predicted molar refractivity (Wildman–Crippen MR) is 58.8 cm³/mol. The van der Waals surface area contributed by atoms with Crippen LogP contribution >= 0.6 is 0 Å². The average molecular weight is 223 g/mol. The van der Waals surface area contributed by atoms with E-state index in [1.165, 1.54) is 7.11 Å². The Labute approximate surface area is 94.8 Å². The summed E-state index contributed by atoms with van der Waals surface area (Å²) < 4.78 is 6.74. The number of esters is 1. The van der Waals surface area contributed by atoms with Crippen LogP contribution < -0.4 is 5.32 Å². The number of ether oxygens (including phenoxy) is 1. The molecule has 1 fully saturated rings. The van der Waals surface area contributed by atoms with Crippen LogP contribution in [0, 0.1) is 5.92 Å². The molecule has 0 amide bonds. The Morgan fingerprint density at radius 1 is 1.75 bits per heavy atom. The van der Waals surface area contributed by atoms with Crippen molar-refractivity contribution in [1.82, 2.24) is 14.9 Å². The van der Waals surface area contributed by atoms with Gasteiger partial charge in [-0.25, -0.2) is 4.98 Å². The first-order valence-corrected chi connectivity index (χ1v) is 5.48. The SMILES string of the molecule is COC(=O)[C@@H]1CC(Cc2nccn2C)CN1. The summed E-state index contributed by atoms with van der Waals surface area (Å²) in [5, 5.41) is 3.18. The third kappa shape index (κ3) is 2.24. The van der Waals surface area contributed by atoms with Crippen LogP contribution in [0.5, 0.6) is 0 Å². The third-order valence-electron chi connectivity index (χ3n) is 3.10. The number of hydrogen-bond acceptors (Lipinski definition) is 4. The Kier molecular flexibility index (Phi) is 3.24. The van der Waals surface area contributed by atoms with E-state index in [1.54, 1.807) is 6.20 Å². The second kappa shape index (κ2) is 4.65. The van der Waals surface area contributed by atoms with Crippen molar-refractivity contribution in [2.45, 2.75) is 18.9 Å². The highest BCUT2D eigenvalue weighted by Crippen LogP contribution is 2.18. The summed E-state index contributed by atoms with van der Waals surface area (Å²) in [7, 11) is 3.42. The van der Waals surface area contributed by atoms with E-state index in [-0.39, 0.29) is 12.0 Å². The van der Waals surface area contributed by atoms with E-state index in [2.05, 4.69) is 10.3 Å². The van der Waals surface area contributed by atoms with Gasteiger partial charge in [-0.05, 0) is 18.9 Å². The Morgan fingerprint density at radius 3 is 3.19 bits per heavy atom. The summed E-state index contributed by atoms with van der Waals surface area (Å²) in [6.07, 6.45) is 5.48. The number of imidazole rings is 1. The zero-order chi connectivity index (χ0) is 11.5. The summed E-state index contributed by atoms with van der Waals surface area (Å²) in [5.41, 5.74) is 0. The second-order valence-corrected chi connectivity index (χ2v) is 4.24. The quantitative estimate of drug-likeness (QED) is 0.739. The van der Waals surface area contributed by atoms with Gasteiger partial charge in [0.05, 0.1) is 7.11 Å². The van der Waals surface area contributed by atoms with Crippen LogP contribution in [0.15, 0.2) is 12.4 Å². The highest BCUT2D eigenvalue weighted by Gasteiger charge is 2.30. The number of carbonyl (C=O) groups is 1. The van der Waals surface area contributed by atoms with E-state index in [1.807, 2.05) is 17.8 Å². The van der Waals surface area contributed by atoms with Gasteiger partial charge < -0.3 is 14.6 Å². The molecule has 1 aliphatic rings. The van der Waals surface area contributed by atoms with Crippen LogP contribution in [0.2, 0.25) is 0 Å². The summed E-state index contributed by atoms with van der Waals surface area (Å²) in [6, 6.07) is -0.143. The third-order valence-corrected chi connectivity index (χ3v) is 3.10. The molecule has 1 aromatic rings. The van der Waals surface area contributed by atoms with Crippen molar-refractivity contribution >= 4 is 5.97 Å². The van der Waals surface area contributed by atoms with Crippen LogP contribution in [0.25, 0.3) is 0 Å². The van der Waals surface area contributed by atoms with Gasteiger partial charge >= 0.3 is 5.97 Å². The fourth-order valence-corrected chi connectivity index (χ4v) is 2.14. The molecule has 0 saturated carbocycles. The predicted octanol–water partition coefficient (Wildman–Crippen LogP) is 0.114. The van der Waals surface area contributed by atoms with Gasteiger partial charge in [0.15, 0.2) is 0 Å². The monoisotopic (exact) mass is 223 g/mol. The molecule has 0 radical (unpaired) electrons. The van der Waals surface area contributed by atoms with Crippen molar-refractivity contribution in [3.05, 3.63) is 18.2 Å². The smallest absolute Gasteiger partial charge is 0.322 e. The molecular weight excluding hydrogens is 206 g/mol. The first-order valence-electron chi connectivity index (χ1n) is 5.48. The minimum absolute atomic E-state index is 0.143. The molecule has 1 aromatic heterocycles. The zero-order valence-corrected chi connectivity index (χ0v) is 9.64. The molecular formula is C11H17N3O2. The maximum Gasteiger partial charge on any atom is 0.322 e. The minimum atomic E-state index is -0.164. The average Bonchev–Trinajstić information content (AvgIpc) is 2.89. The summed E-state index contributed by atoms with van der Waals surface area (Å²) in [4.78, 5) is 15.6. The maximum atomic E-state index is 11.3. The zero-order valence-electron chi connectivity index (χ0n) is 9.64. The van der Waals surface area contributed by atoms with E-state index < -0.39 is 0 Å². The topological polar surface area (TPSA) is 56.1 Å². The summed E-state index contributed by atoms with van der Waals surface area (Å²) in [6.45, 7) is 0.854. The minimum Gasteiger partial charge on any atom is -0.468 e. The first-order chi connectivity index (χ1) is 7.70. The van der Waals surface area contributed by atoms with Crippen molar-refractivity contribution in [3.63, 3.8) is 0 Å². The van der Waals surface area contributed by atoms with E-state index in [4.69, 9.17) is 4.74 Å². The fourth-order valence-electron chi connectivity index (χ4n) is 2.14. The molecule has 2 heterocycles. The van der Waals surface area contributed by atoms with Crippen LogP contribution in [0.4, 0.5) is 0 Å². The van der Waals surface area contributed by atoms with E-state index in [0.717, 1.165) is 25.2 Å². The van der Waals surface area contributed by atoms with Crippen molar-refractivity contribution in [2.24, 2.45) is 13.0 Å². The van der Waals surface area contributed by atoms with Crippen LogP contribution in [-0.2, 0) is 23.0 Å². The summed E-state index contributed by atoms with van der Waals surface area (Å²) in [5.74, 6) is 1.37. The lowest BCUT2D eigenvalue weighted by atomic mass is 10.0. The molecule has 1 unspecified atom stereocenters. The lowest BCUT2D eigenvalue weighted by Crippen LogP contribution is -2.31. The number of aryl methyl sites for hydroxylation is 1. The molecule has 0 bridgehead atoms. The van der Waals surface area contributed by atoms with Crippen LogP contribution in [-0.4, -0.2) is 35.2 Å². The number of nitrogens with zero attached hydrogens (tertiary/aromatic N) is 2. The van der Waals surface area contributed by atoms with Crippen molar-refractivity contribution in [2.75, 3.05) is 13.7 Å². The molecule has 2 rings (SSSR count). The van der Waals surface area contributed by atoms with Crippen molar-refractivity contribution in [1.29, 1.82) is 0 Å². The number of hydrogen-bond donors (Lipinski definition) is 1. The molecule has 5 nitrogen and oxygen atoms in total. The summed E-state index contributed by atoms with van der Waals surface area (Å²) >= 11 is 0. The maximum absolute atomic E-state index is 11.3. The van der Waals surface area contributed by atoms with E-state index in [9.17, 15) is 4.79 Å². The van der Waals surface area contributed by atoms with E-state index in [0.29, 0.717) is 5.92 Å². The fraction of sp³-hybridized carbons (Fsp3) is 0.636. The van der Waals surface area contributed by atoms with E-state index >= 15 is 0 Å². The Hall–Kier alpha value is -1.36. The van der Waals surface area contributed by atoms with Crippen LogP contribution in [0.1, 0.15) is 12.2 Å². The Balaban J connectivity index is 1.90. The molecule has 1 N–H and O–H groups in total. The molecule has 2 atom stereocenters. The van der Waals surface area contributed by atoms with Gasteiger partial charge in [-0.3, -0.25) is 4.79 Å². The van der Waals surface area contributed by atoms with Gasteiger partial charge in [-0.15, -0.1) is 0 Å². The van der Waals surface area contributed by atoms with Crippen molar-refractivity contribution < 1.29 is 9.53 Å². The number of carbonyl (C=O) groups excluding carboxylic acids is 1. The Morgan fingerprint density at radius 2 is 2.56 bits per heavy atom. The van der Waals surface area contributed by atoms with Gasteiger partial charge in [-0.1, -0.05) is 0 Å². The molecule has 0 aromatic carbocycles. The van der Waals surface area contributed by atoms with Crippen LogP contribution in [0.3, 0.4) is 0 Å². The highest BCUT2D eigenvalue weighted by atomic mass is 16.5. The molecule has 88 valence electrons. The number of rotatable bonds is 3. The molecule has 0 aliphatic carbocycles. The molecule has 1 saturated heterocycles. The van der Waals surface area contributed by atoms with Gasteiger partial charge in [0, 0.05) is 25.9 Å². The standard InChI is InChI=1S/C11H17N3O2/c1-14-4-3-12-10(14)6-8-5-9(13-7-8)11(15)16-2/h3-4,8-9,13H,5-7H2,1-2H3/t8?,9-/m0/s1. The number of nitrogens with one attached hydrogen (secondary N) is 1. The van der Waals surface area contributed by atoms with Crippen molar-refractivity contribution in [3.8, 4) is 0 Å². The lowest BCUT2D eigenvalue weighted by Gasteiger charge is -2.08. The second-order valence-electron chi connectivity index (χ2n) is 4.24. The number of aromatic nitrogens is 2. The Bertz CT molecular complexity index is 375. The van der Waals surface area contributed by atoms with Gasteiger partial charge in [0.25, 0.3) is 0 Å².